The van der Waals surface area contributed by atoms with Gasteiger partial charge in [0.05, 0.1) is 12.1 Å². The summed E-state index contributed by atoms with van der Waals surface area (Å²) in [6.07, 6.45) is -0.588. The lowest BCUT2D eigenvalue weighted by atomic mass is 9.96. The van der Waals surface area contributed by atoms with Crippen LogP contribution in [-0.4, -0.2) is 18.2 Å². The molecule has 0 radical (unpaired) electrons. The Morgan fingerprint density at radius 3 is 1.95 bits per heavy atom. The average Bonchev–Trinajstić information content (AvgIpc) is 2.49. The summed E-state index contributed by atoms with van der Waals surface area (Å²) in [5, 5.41) is 13.9. The Morgan fingerprint density at radius 2 is 1.42 bits per heavy atom. The van der Waals surface area contributed by atoms with E-state index >= 15 is 0 Å². The molecule has 2 aromatic rings. The molecule has 0 spiro atoms. The summed E-state index contributed by atoms with van der Waals surface area (Å²) in [5.41, 5.74) is 7.52. The minimum atomic E-state index is -0.588. The third-order valence-electron chi connectivity index (χ3n) is 3.12. The molecule has 0 saturated heterocycles. The third kappa shape index (κ3) is 3.64. The van der Waals surface area contributed by atoms with Gasteiger partial charge >= 0.3 is 0 Å². The average molecular weight is 256 g/mol. The molecule has 19 heavy (non-hydrogen) atoms. The zero-order valence-electron chi connectivity index (χ0n) is 10.9. The van der Waals surface area contributed by atoms with Gasteiger partial charge in [-0.2, -0.15) is 0 Å². The first-order valence-electron chi connectivity index (χ1n) is 6.54. The Labute approximate surface area is 114 Å². The molecular weight excluding hydrogens is 236 g/mol. The molecule has 2 atom stereocenters. The van der Waals surface area contributed by atoms with E-state index in [1.807, 2.05) is 60.7 Å². The number of aliphatic hydroxyl groups excluding tert-OH is 1. The molecule has 0 aliphatic carbocycles. The Morgan fingerprint density at radius 1 is 0.895 bits per heavy atom. The van der Waals surface area contributed by atoms with E-state index in [0.717, 1.165) is 11.1 Å². The van der Waals surface area contributed by atoms with Crippen molar-refractivity contribution in [1.29, 1.82) is 0 Å². The highest BCUT2D eigenvalue weighted by atomic mass is 16.3. The SMILES string of the molecule is NCCN[C@@H](c1ccccc1)[C@@H](O)c1ccccc1. The van der Waals surface area contributed by atoms with Crippen molar-refractivity contribution in [1.82, 2.24) is 5.32 Å². The van der Waals surface area contributed by atoms with Crippen LogP contribution in [0.4, 0.5) is 0 Å². The lowest BCUT2D eigenvalue weighted by Crippen LogP contribution is -2.31. The summed E-state index contributed by atoms with van der Waals surface area (Å²) < 4.78 is 0. The third-order valence-corrected chi connectivity index (χ3v) is 3.12. The van der Waals surface area contributed by atoms with Gasteiger partial charge < -0.3 is 16.2 Å². The molecule has 0 heterocycles. The van der Waals surface area contributed by atoms with Crippen LogP contribution in [0.3, 0.4) is 0 Å². The van der Waals surface area contributed by atoms with Crippen LogP contribution in [0, 0.1) is 0 Å². The van der Waals surface area contributed by atoms with Crippen LogP contribution >= 0.6 is 0 Å². The topological polar surface area (TPSA) is 58.3 Å². The number of rotatable bonds is 6. The van der Waals surface area contributed by atoms with Gasteiger partial charge in [0.15, 0.2) is 0 Å². The first-order valence-corrected chi connectivity index (χ1v) is 6.54. The van der Waals surface area contributed by atoms with E-state index in [1.165, 1.54) is 0 Å². The van der Waals surface area contributed by atoms with E-state index in [-0.39, 0.29) is 6.04 Å². The quantitative estimate of drug-likeness (QED) is 0.741. The second-order valence-electron chi connectivity index (χ2n) is 4.49. The zero-order valence-corrected chi connectivity index (χ0v) is 10.9. The molecule has 2 aromatic carbocycles. The highest BCUT2D eigenvalue weighted by Gasteiger charge is 2.21. The molecule has 3 heteroatoms. The van der Waals surface area contributed by atoms with Gasteiger partial charge in [-0.3, -0.25) is 0 Å². The Balaban J connectivity index is 2.22. The predicted molar refractivity (Wildman–Crippen MR) is 77.6 cm³/mol. The van der Waals surface area contributed by atoms with E-state index in [2.05, 4.69) is 5.32 Å². The molecule has 0 unspecified atom stereocenters. The molecule has 0 aliphatic heterocycles. The molecule has 3 nitrogen and oxygen atoms in total. The molecule has 100 valence electrons. The van der Waals surface area contributed by atoms with Crippen molar-refractivity contribution in [2.75, 3.05) is 13.1 Å². The van der Waals surface area contributed by atoms with Crippen LogP contribution in [-0.2, 0) is 0 Å². The van der Waals surface area contributed by atoms with Crippen molar-refractivity contribution in [2.45, 2.75) is 12.1 Å². The molecule has 2 rings (SSSR count). The summed E-state index contributed by atoms with van der Waals surface area (Å²) in [5.74, 6) is 0. The van der Waals surface area contributed by atoms with Crippen molar-refractivity contribution in [3.63, 3.8) is 0 Å². The number of nitrogens with one attached hydrogen (secondary N) is 1. The Kier molecular flexibility index (Phi) is 5.10. The van der Waals surface area contributed by atoms with Crippen molar-refractivity contribution in [3.8, 4) is 0 Å². The highest BCUT2D eigenvalue weighted by molar-refractivity contribution is 5.26. The van der Waals surface area contributed by atoms with E-state index in [9.17, 15) is 5.11 Å². The van der Waals surface area contributed by atoms with Crippen LogP contribution in [0.1, 0.15) is 23.3 Å². The number of hydrogen-bond donors (Lipinski definition) is 3. The maximum atomic E-state index is 10.6. The minimum absolute atomic E-state index is 0.146. The summed E-state index contributed by atoms with van der Waals surface area (Å²) in [6.45, 7) is 1.22. The van der Waals surface area contributed by atoms with Gasteiger partial charge in [0.2, 0.25) is 0 Å². The summed E-state index contributed by atoms with van der Waals surface area (Å²) >= 11 is 0. The fourth-order valence-electron chi connectivity index (χ4n) is 2.15. The molecule has 0 bridgehead atoms. The predicted octanol–water partition coefficient (Wildman–Crippen LogP) is 2.01. The van der Waals surface area contributed by atoms with Crippen LogP contribution in [0.2, 0.25) is 0 Å². The van der Waals surface area contributed by atoms with Gasteiger partial charge in [0, 0.05) is 13.1 Å². The number of aliphatic hydroxyl groups is 1. The zero-order chi connectivity index (χ0) is 13.5. The molecule has 4 N–H and O–H groups in total. The first-order chi connectivity index (χ1) is 9.33. The van der Waals surface area contributed by atoms with Gasteiger partial charge in [-0.15, -0.1) is 0 Å². The Bertz CT molecular complexity index is 473. The molecule has 0 fully saturated rings. The molecular formula is C16H20N2O. The van der Waals surface area contributed by atoms with Gasteiger partial charge in [-0.25, -0.2) is 0 Å². The minimum Gasteiger partial charge on any atom is -0.386 e. The normalized spacial score (nSPS) is 14.0. The number of benzene rings is 2. The monoisotopic (exact) mass is 256 g/mol. The van der Waals surface area contributed by atoms with E-state index in [0.29, 0.717) is 13.1 Å². The summed E-state index contributed by atoms with van der Waals surface area (Å²) in [6, 6.07) is 19.5. The lowest BCUT2D eigenvalue weighted by Gasteiger charge is -2.25. The lowest BCUT2D eigenvalue weighted by molar-refractivity contribution is 0.129. The van der Waals surface area contributed by atoms with Crippen LogP contribution in [0.25, 0.3) is 0 Å². The molecule has 0 aromatic heterocycles. The van der Waals surface area contributed by atoms with Crippen molar-refractivity contribution in [2.24, 2.45) is 5.73 Å². The Hall–Kier alpha value is -1.68. The fraction of sp³-hybridized carbons (Fsp3) is 0.250. The van der Waals surface area contributed by atoms with Gasteiger partial charge in [0.1, 0.15) is 0 Å². The maximum absolute atomic E-state index is 10.6. The van der Waals surface area contributed by atoms with Crippen LogP contribution in [0.15, 0.2) is 60.7 Å². The molecule has 0 saturated carbocycles. The summed E-state index contributed by atoms with van der Waals surface area (Å²) in [7, 11) is 0. The van der Waals surface area contributed by atoms with E-state index < -0.39 is 6.10 Å². The van der Waals surface area contributed by atoms with Crippen molar-refractivity contribution >= 4 is 0 Å². The fourth-order valence-corrected chi connectivity index (χ4v) is 2.15. The first kappa shape index (κ1) is 13.7. The van der Waals surface area contributed by atoms with Gasteiger partial charge in [-0.1, -0.05) is 60.7 Å². The maximum Gasteiger partial charge on any atom is 0.0984 e. The molecule has 0 amide bonds. The second-order valence-corrected chi connectivity index (χ2v) is 4.49. The van der Waals surface area contributed by atoms with E-state index in [4.69, 9.17) is 5.73 Å². The van der Waals surface area contributed by atoms with Crippen LogP contribution in [0.5, 0.6) is 0 Å². The van der Waals surface area contributed by atoms with Crippen LogP contribution < -0.4 is 11.1 Å². The molecule has 0 aliphatic rings. The standard InChI is InChI=1S/C16H20N2O/c17-11-12-18-15(13-7-3-1-4-8-13)16(19)14-9-5-2-6-10-14/h1-10,15-16,18-19H,11-12,17H2/t15-,16-/m0/s1. The summed E-state index contributed by atoms with van der Waals surface area (Å²) in [4.78, 5) is 0. The smallest absolute Gasteiger partial charge is 0.0984 e. The van der Waals surface area contributed by atoms with Gasteiger partial charge in [-0.05, 0) is 11.1 Å². The second kappa shape index (κ2) is 7.04. The van der Waals surface area contributed by atoms with Crippen molar-refractivity contribution in [3.05, 3.63) is 71.8 Å². The van der Waals surface area contributed by atoms with E-state index in [1.54, 1.807) is 0 Å². The van der Waals surface area contributed by atoms with Crippen molar-refractivity contribution < 1.29 is 5.11 Å². The highest BCUT2D eigenvalue weighted by Crippen LogP contribution is 2.28. The number of nitrogens with two attached hydrogens (primary N) is 1. The largest absolute Gasteiger partial charge is 0.386 e. The number of hydrogen-bond acceptors (Lipinski definition) is 3. The van der Waals surface area contributed by atoms with Gasteiger partial charge in [0.25, 0.3) is 0 Å².